The highest BCUT2D eigenvalue weighted by Crippen LogP contribution is 2.13. The largest absolute Gasteiger partial charge is 0.317 e. The lowest BCUT2D eigenvalue weighted by atomic mass is 10.2. The fourth-order valence-electron chi connectivity index (χ4n) is 2.05. The van der Waals surface area contributed by atoms with Gasteiger partial charge in [-0.1, -0.05) is 13.8 Å². The van der Waals surface area contributed by atoms with Crippen LogP contribution in [0.4, 0.5) is 0 Å². The van der Waals surface area contributed by atoms with Gasteiger partial charge in [0.25, 0.3) is 0 Å². The molecule has 3 nitrogen and oxygen atoms in total. The van der Waals surface area contributed by atoms with E-state index >= 15 is 0 Å². The van der Waals surface area contributed by atoms with Gasteiger partial charge in [-0.3, -0.25) is 4.90 Å². The Bertz CT molecular complexity index is 154. The number of nitrogens with one attached hydrogen (secondary N) is 2. The molecular weight excluding hydrogens is 190 g/mol. The van der Waals surface area contributed by atoms with Gasteiger partial charge in [-0.05, 0) is 34.0 Å². The Balaban J connectivity index is 4.57. The smallest absolute Gasteiger partial charge is 0.0621 e. The molecule has 4 heteroatoms. The summed E-state index contributed by atoms with van der Waals surface area (Å²) in [6, 6.07) is 0.651. The summed E-state index contributed by atoms with van der Waals surface area (Å²) in [7, 11) is 5.21. The third kappa shape index (κ3) is 3.35. The van der Waals surface area contributed by atoms with Gasteiger partial charge in [-0.15, -0.1) is 0 Å². The summed E-state index contributed by atoms with van der Waals surface area (Å²) in [6.07, 6.45) is 1.21. The first-order valence-corrected chi connectivity index (χ1v) is 6.65. The molecule has 2 N–H and O–H groups in total. The number of likely N-dealkylation sites (N-methyl/N-ethyl adjacent to an activating group) is 3. The number of hydrogen-bond acceptors (Lipinski definition) is 3. The monoisotopic (exact) mass is 217 g/mol. The molecule has 86 valence electrons. The van der Waals surface area contributed by atoms with E-state index in [1.54, 1.807) is 0 Å². The Hall–Kier alpha value is 0.0969. The Kier molecular flexibility index (Phi) is 6.60. The zero-order chi connectivity index (χ0) is 11.2. The van der Waals surface area contributed by atoms with Crippen LogP contribution in [0.5, 0.6) is 0 Å². The van der Waals surface area contributed by atoms with Crippen LogP contribution in [0.3, 0.4) is 0 Å². The Labute approximate surface area is 92.1 Å². The van der Waals surface area contributed by atoms with Gasteiger partial charge in [0.1, 0.15) is 0 Å². The number of nitrogens with zero attached hydrogens (tertiary/aromatic N) is 1. The maximum Gasteiger partial charge on any atom is 0.0621 e. The van der Waals surface area contributed by atoms with Gasteiger partial charge in [-0.2, -0.15) is 0 Å². The first-order valence-electron chi connectivity index (χ1n) is 5.65. The average molecular weight is 217 g/mol. The average Bonchev–Trinajstić information content (AvgIpc) is 2.19. The van der Waals surface area contributed by atoms with Crippen molar-refractivity contribution in [3.8, 4) is 0 Å². The molecule has 2 unspecified atom stereocenters. The van der Waals surface area contributed by atoms with Crippen molar-refractivity contribution in [2.24, 2.45) is 0 Å². The molecule has 0 saturated carbocycles. The van der Waals surface area contributed by atoms with E-state index in [0.717, 1.165) is 23.3 Å². The molecule has 0 saturated heterocycles. The summed E-state index contributed by atoms with van der Waals surface area (Å²) in [5, 5.41) is 6.95. The Morgan fingerprint density at radius 1 is 1.36 bits per heavy atom. The second-order valence-electron chi connectivity index (χ2n) is 4.10. The molecule has 14 heavy (non-hydrogen) atoms. The molecule has 2 atom stereocenters. The van der Waals surface area contributed by atoms with Crippen molar-refractivity contribution in [3.63, 3.8) is 0 Å². The molecule has 0 aliphatic rings. The third-order valence-corrected chi connectivity index (χ3v) is 4.59. The molecule has 0 rings (SSSR count). The predicted molar refractivity (Wildman–Crippen MR) is 67.8 cm³/mol. The molecule has 0 aliphatic carbocycles. The summed E-state index contributed by atoms with van der Waals surface area (Å²) in [5.74, 6) is 0. The number of hydrogen-bond donors (Lipinski definition) is 2. The van der Waals surface area contributed by atoms with E-state index in [1.807, 2.05) is 7.05 Å². The molecule has 0 aromatic carbocycles. The van der Waals surface area contributed by atoms with Gasteiger partial charge in [0.2, 0.25) is 0 Å². The van der Waals surface area contributed by atoms with E-state index in [2.05, 4.69) is 43.4 Å². The lowest BCUT2D eigenvalue weighted by molar-refractivity contribution is 0.0949. The van der Waals surface area contributed by atoms with E-state index < -0.39 is 0 Å². The molecule has 0 spiro atoms. The van der Waals surface area contributed by atoms with E-state index in [-0.39, 0.29) is 5.29 Å². The zero-order valence-electron chi connectivity index (χ0n) is 10.6. The highest BCUT2D eigenvalue weighted by Gasteiger charge is 2.30. The predicted octanol–water partition coefficient (Wildman–Crippen LogP) is -0.435. The summed E-state index contributed by atoms with van der Waals surface area (Å²) in [6.45, 7) is 8.94. The van der Waals surface area contributed by atoms with E-state index in [9.17, 15) is 0 Å². The highest BCUT2D eigenvalue weighted by atomic mass is 28.1. The third-order valence-electron chi connectivity index (χ3n) is 3.16. The van der Waals surface area contributed by atoms with Gasteiger partial charge in [0, 0.05) is 22.8 Å². The standard InChI is InChI=1S/C10H27N3Si/c1-6-9(3)13(7-2)10(14,12-5)8-11-4/h9,11-12H,6-8H2,1-5,14H3. The lowest BCUT2D eigenvalue weighted by Gasteiger charge is -2.44. The van der Waals surface area contributed by atoms with Crippen LogP contribution in [-0.4, -0.2) is 53.7 Å². The fraction of sp³-hybridized carbons (Fsp3) is 1.00. The molecule has 0 bridgehead atoms. The molecule has 0 amide bonds. The molecule has 0 aromatic heterocycles. The maximum atomic E-state index is 3.47. The normalized spacial score (nSPS) is 18.4. The SMILES string of the molecule is CCC(C)N(CC)C([SiH3])(CNC)NC. The molecule has 0 fully saturated rings. The first-order chi connectivity index (χ1) is 6.55. The van der Waals surface area contributed by atoms with Crippen molar-refractivity contribution in [1.82, 2.24) is 15.5 Å². The van der Waals surface area contributed by atoms with Crippen LogP contribution in [0.15, 0.2) is 0 Å². The lowest BCUT2D eigenvalue weighted by Crippen LogP contribution is -2.65. The van der Waals surface area contributed by atoms with Crippen molar-refractivity contribution in [3.05, 3.63) is 0 Å². The van der Waals surface area contributed by atoms with Crippen LogP contribution in [-0.2, 0) is 0 Å². The van der Waals surface area contributed by atoms with Crippen molar-refractivity contribution in [1.29, 1.82) is 0 Å². The number of rotatable bonds is 7. The molecule has 0 aliphatic heterocycles. The van der Waals surface area contributed by atoms with E-state index in [0.29, 0.717) is 6.04 Å². The van der Waals surface area contributed by atoms with Gasteiger partial charge in [-0.25, -0.2) is 0 Å². The van der Waals surface area contributed by atoms with Crippen LogP contribution in [0.2, 0.25) is 0 Å². The second kappa shape index (κ2) is 6.56. The van der Waals surface area contributed by atoms with E-state index in [1.165, 1.54) is 6.42 Å². The summed E-state index contributed by atoms with van der Waals surface area (Å²) in [4.78, 5) is 2.57. The highest BCUT2D eigenvalue weighted by molar-refractivity contribution is 6.15. The zero-order valence-corrected chi connectivity index (χ0v) is 12.6. The van der Waals surface area contributed by atoms with Crippen LogP contribution >= 0.6 is 0 Å². The van der Waals surface area contributed by atoms with Crippen LogP contribution in [0, 0.1) is 0 Å². The minimum atomic E-state index is 0.193. The molecule has 0 radical (unpaired) electrons. The van der Waals surface area contributed by atoms with E-state index in [4.69, 9.17) is 0 Å². The summed E-state index contributed by atoms with van der Waals surface area (Å²) in [5.41, 5.74) is 0. The Morgan fingerprint density at radius 2 is 1.93 bits per heavy atom. The quantitative estimate of drug-likeness (QED) is 0.447. The van der Waals surface area contributed by atoms with Crippen molar-refractivity contribution < 1.29 is 0 Å². The Morgan fingerprint density at radius 3 is 2.21 bits per heavy atom. The van der Waals surface area contributed by atoms with Crippen molar-refractivity contribution in [2.75, 3.05) is 27.2 Å². The van der Waals surface area contributed by atoms with Crippen LogP contribution in [0.25, 0.3) is 0 Å². The molecular formula is C10H27N3Si. The minimum Gasteiger partial charge on any atom is -0.317 e. The van der Waals surface area contributed by atoms with Gasteiger partial charge >= 0.3 is 0 Å². The van der Waals surface area contributed by atoms with Crippen molar-refractivity contribution in [2.45, 2.75) is 38.5 Å². The van der Waals surface area contributed by atoms with Gasteiger partial charge in [0.15, 0.2) is 0 Å². The molecule has 0 aromatic rings. The van der Waals surface area contributed by atoms with Crippen molar-refractivity contribution >= 4 is 10.2 Å². The van der Waals surface area contributed by atoms with Gasteiger partial charge < -0.3 is 10.6 Å². The maximum absolute atomic E-state index is 3.47. The molecule has 0 heterocycles. The second-order valence-corrected chi connectivity index (χ2v) is 5.75. The first kappa shape index (κ1) is 14.1. The fourth-order valence-corrected chi connectivity index (χ4v) is 3.16. The van der Waals surface area contributed by atoms with Crippen LogP contribution < -0.4 is 10.6 Å². The minimum absolute atomic E-state index is 0.193. The van der Waals surface area contributed by atoms with Crippen LogP contribution in [0.1, 0.15) is 27.2 Å². The summed E-state index contributed by atoms with van der Waals surface area (Å²) < 4.78 is 0. The van der Waals surface area contributed by atoms with Gasteiger partial charge in [0.05, 0.1) is 5.29 Å². The topological polar surface area (TPSA) is 27.3 Å². The summed E-state index contributed by atoms with van der Waals surface area (Å²) >= 11 is 0.